The van der Waals surface area contributed by atoms with Gasteiger partial charge in [0.2, 0.25) is 5.88 Å². The Hall–Kier alpha value is -3.69. The Balaban J connectivity index is 1.35. The first kappa shape index (κ1) is 27.5. The van der Waals surface area contributed by atoms with Crippen molar-refractivity contribution in [3.8, 4) is 11.9 Å². The average Bonchev–Trinajstić information content (AvgIpc) is 3.39. The van der Waals surface area contributed by atoms with Crippen molar-refractivity contribution in [1.29, 1.82) is 0 Å². The number of anilines is 1. The van der Waals surface area contributed by atoms with Crippen LogP contribution in [0.3, 0.4) is 0 Å². The van der Waals surface area contributed by atoms with Gasteiger partial charge in [-0.15, -0.1) is 0 Å². The third-order valence-corrected chi connectivity index (χ3v) is 8.54. The van der Waals surface area contributed by atoms with Crippen LogP contribution >= 0.6 is 11.6 Å². The third-order valence-electron chi connectivity index (χ3n) is 8.23. The third kappa shape index (κ3) is 5.36. The number of hydrogen-bond acceptors (Lipinski definition) is 7. The van der Waals surface area contributed by atoms with Crippen molar-refractivity contribution < 1.29 is 18.7 Å². The molecule has 2 saturated heterocycles. The van der Waals surface area contributed by atoms with Crippen LogP contribution in [0.25, 0.3) is 16.5 Å². The number of ether oxygens (including phenoxy) is 2. The van der Waals surface area contributed by atoms with Crippen LogP contribution in [0.1, 0.15) is 30.9 Å². The number of amides is 1. The Kier molecular flexibility index (Phi) is 7.57. The fourth-order valence-electron chi connectivity index (χ4n) is 5.95. The average molecular weight is 578 g/mol. The quantitative estimate of drug-likeness (QED) is 0.370. The molecule has 41 heavy (non-hydrogen) atoms. The number of fused-ring (bicyclic) bond motifs is 2. The molecule has 0 spiro atoms. The maximum atomic E-state index is 13.5. The Morgan fingerprint density at radius 3 is 2.61 bits per heavy atom. The van der Waals surface area contributed by atoms with Crippen molar-refractivity contribution in [1.82, 2.24) is 19.8 Å². The topological polar surface area (TPSA) is 71.0 Å². The highest BCUT2D eigenvalue weighted by Crippen LogP contribution is 2.41. The van der Waals surface area contributed by atoms with E-state index in [0.717, 1.165) is 52.6 Å². The number of nitrogens with zero attached hydrogens (tertiary/aromatic N) is 5. The second kappa shape index (κ2) is 11.3. The molecule has 2 fully saturated rings. The predicted molar refractivity (Wildman–Crippen MR) is 158 cm³/mol. The zero-order valence-electron chi connectivity index (χ0n) is 23.3. The highest BCUT2D eigenvalue weighted by Gasteiger charge is 2.31. The van der Waals surface area contributed by atoms with Crippen molar-refractivity contribution in [2.75, 3.05) is 51.3 Å². The summed E-state index contributed by atoms with van der Waals surface area (Å²) in [4.78, 5) is 27.6. The molecule has 8 nitrogen and oxygen atoms in total. The first-order chi connectivity index (χ1) is 19.8. The molecule has 2 aromatic carbocycles. The molecule has 3 aliphatic rings. The first-order valence-electron chi connectivity index (χ1n) is 14.0. The predicted octanol–water partition coefficient (Wildman–Crippen LogP) is 5.25. The summed E-state index contributed by atoms with van der Waals surface area (Å²) in [5.41, 5.74) is 2.79. The van der Waals surface area contributed by atoms with E-state index in [0.29, 0.717) is 62.0 Å². The summed E-state index contributed by atoms with van der Waals surface area (Å²) in [6.45, 7) is 8.42. The maximum absolute atomic E-state index is 13.5. The fraction of sp³-hybridized carbons (Fsp3) is 0.387. The molecular weight excluding hydrogens is 545 g/mol. The van der Waals surface area contributed by atoms with Crippen LogP contribution in [-0.4, -0.2) is 78.1 Å². The monoisotopic (exact) mass is 577 g/mol. The number of halogens is 2. The molecule has 10 heteroatoms. The molecule has 1 aromatic heterocycles. The Labute approximate surface area is 244 Å². The molecule has 3 aliphatic heterocycles. The van der Waals surface area contributed by atoms with E-state index in [2.05, 4.69) is 23.4 Å². The summed E-state index contributed by atoms with van der Waals surface area (Å²) in [5, 5.41) is 2.62. The molecule has 4 heterocycles. The number of piperazine rings is 1. The summed E-state index contributed by atoms with van der Waals surface area (Å²) in [5.74, 6) is 0.273. The molecule has 6 rings (SSSR count). The van der Waals surface area contributed by atoms with Crippen molar-refractivity contribution in [3.05, 3.63) is 70.5 Å². The van der Waals surface area contributed by atoms with E-state index >= 15 is 0 Å². The van der Waals surface area contributed by atoms with E-state index in [1.165, 1.54) is 4.90 Å². The highest BCUT2D eigenvalue weighted by atomic mass is 35.5. The lowest BCUT2D eigenvalue weighted by Crippen LogP contribution is -2.49. The number of allylic oxidation sites excluding steroid dienone is 1. The lowest BCUT2D eigenvalue weighted by molar-refractivity contribution is -0.128. The largest absolute Gasteiger partial charge is 0.462 e. The molecule has 214 valence electrons. The van der Waals surface area contributed by atoms with Gasteiger partial charge >= 0.3 is 6.01 Å². The van der Waals surface area contributed by atoms with Gasteiger partial charge in [0.1, 0.15) is 18.2 Å². The van der Waals surface area contributed by atoms with E-state index in [1.54, 1.807) is 0 Å². The number of benzene rings is 2. The van der Waals surface area contributed by atoms with Crippen LogP contribution < -0.4 is 14.4 Å². The Morgan fingerprint density at radius 1 is 1.15 bits per heavy atom. The van der Waals surface area contributed by atoms with Crippen molar-refractivity contribution in [2.45, 2.75) is 32.2 Å². The van der Waals surface area contributed by atoms with Gasteiger partial charge in [-0.05, 0) is 50.4 Å². The van der Waals surface area contributed by atoms with Gasteiger partial charge in [-0.25, -0.2) is 4.39 Å². The smallest absolute Gasteiger partial charge is 0.321 e. The minimum absolute atomic E-state index is 0.254. The molecule has 0 N–H and O–H groups in total. The number of hydrogen-bond donors (Lipinski definition) is 0. The normalized spacial score (nSPS) is 19.4. The Bertz CT molecular complexity index is 1550. The van der Waals surface area contributed by atoms with Crippen LogP contribution in [-0.2, 0) is 11.2 Å². The van der Waals surface area contributed by atoms with E-state index in [-0.39, 0.29) is 6.01 Å². The summed E-state index contributed by atoms with van der Waals surface area (Å²) in [7, 11) is 2.10. The number of rotatable bonds is 6. The minimum atomic E-state index is -0.944. The SMILES string of the molecule is C=C(F)C(=O)N1CCN(c2nc(OCC3CCCN3C)nc3c2CC(C)=C(c2cccc4cccc(Cl)c24)O3)CC1. The van der Waals surface area contributed by atoms with Crippen molar-refractivity contribution >= 4 is 39.9 Å². The van der Waals surface area contributed by atoms with Gasteiger partial charge in [0.05, 0.1) is 5.56 Å². The van der Waals surface area contributed by atoms with Gasteiger partial charge in [0.15, 0.2) is 5.83 Å². The van der Waals surface area contributed by atoms with Crippen LogP contribution in [0.15, 0.2) is 54.4 Å². The van der Waals surface area contributed by atoms with Gasteiger partial charge in [0.25, 0.3) is 5.91 Å². The molecule has 0 aliphatic carbocycles. The lowest BCUT2D eigenvalue weighted by atomic mass is 9.96. The number of likely N-dealkylation sites (tertiary alicyclic amines) is 1. The molecule has 0 radical (unpaired) electrons. The first-order valence-corrected chi connectivity index (χ1v) is 14.4. The van der Waals surface area contributed by atoms with Crippen LogP contribution in [0, 0.1) is 0 Å². The summed E-state index contributed by atoms with van der Waals surface area (Å²) < 4.78 is 26.2. The summed E-state index contributed by atoms with van der Waals surface area (Å²) in [6, 6.07) is 12.5. The number of likely N-dealkylation sites (N-methyl/N-ethyl adjacent to an activating group) is 1. The summed E-state index contributed by atoms with van der Waals surface area (Å²) in [6.07, 6.45) is 2.78. The van der Waals surface area contributed by atoms with E-state index in [1.807, 2.05) is 43.3 Å². The zero-order chi connectivity index (χ0) is 28.7. The minimum Gasteiger partial charge on any atom is -0.462 e. The lowest BCUT2D eigenvalue weighted by Gasteiger charge is -2.36. The fourth-order valence-corrected chi connectivity index (χ4v) is 6.23. The zero-order valence-corrected chi connectivity index (χ0v) is 24.1. The Morgan fingerprint density at radius 2 is 1.90 bits per heavy atom. The molecule has 1 unspecified atom stereocenters. The second-order valence-corrected chi connectivity index (χ2v) is 11.3. The maximum Gasteiger partial charge on any atom is 0.321 e. The number of carbonyl (C=O) groups excluding carboxylic acids is 1. The molecular formula is C31H33ClFN5O3. The number of aromatic nitrogens is 2. The van der Waals surface area contributed by atoms with E-state index in [9.17, 15) is 9.18 Å². The van der Waals surface area contributed by atoms with Gasteiger partial charge in [-0.3, -0.25) is 4.79 Å². The van der Waals surface area contributed by atoms with Crippen LogP contribution in [0.5, 0.6) is 11.9 Å². The summed E-state index contributed by atoms with van der Waals surface area (Å²) >= 11 is 6.66. The number of carbonyl (C=O) groups is 1. The van der Waals surface area contributed by atoms with E-state index < -0.39 is 11.7 Å². The molecule has 1 amide bonds. The van der Waals surface area contributed by atoms with Gasteiger partial charge in [-0.2, -0.15) is 9.97 Å². The standard InChI is InChI=1S/C31H33ClFN5O3/c1-19-17-24-28(37-13-15-38(16-14-37)30(39)20(2)33)34-31(40-18-22-9-6-12-36(22)3)35-29(24)41-27(19)23-10-4-7-21-8-5-11-25(32)26(21)23/h4-5,7-8,10-11,22H,2,6,9,12-18H2,1,3H3. The van der Waals surface area contributed by atoms with E-state index in [4.69, 9.17) is 31.0 Å². The van der Waals surface area contributed by atoms with Gasteiger partial charge < -0.3 is 24.2 Å². The molecule has 3 aromatic rings. The molecule has 1 atom stereocenters. The molecule has 0 saturated carbocycles. The second-order valence-electron chi connectivity index (χ2n) is 10.9. The highest BCUT2D eigenvalue weighted by molar-refractivity contribution is 6.36. The van der Waals surface area contributed by atoms with Crippen LogP contribution in [0.4, 0.5) is 10.2 Å². The van der Waals surface area contributed by atoms with Crippen LogP contribution in [0.2, 0.25) is 5.02 Å². The van der Waals surface area contributed by atoms with Crippen molar-refractivity contribution in [3.63, 3.8) is 0 Å². The van der Waals surface area contributed by atoms with Gasteiger partial charge in [0, 0.05) is 54.6 Å². The van der Waals surface area contributed by atoms with Crippen molar-refractivity contribution in [2.24, 2.45) is 0 Å². The van der Waals surface area contributed by atoms with Gasteiger partial charge in [-0.1, -0.05) is 48.5 Å². The molecule has 0 bridgehead atoms.